The normalized spacial score (nSPS) is 10.7. The zero-order chi connectivity index (χ0) is 20.4. The quantitative estimate of drug-likeness (QED) is 0.406. The van der Waals surface area contributed by atoms with E-state index in [1.807, 2.05) is 67.6 Å². The van der Waals surface area contributed by atoms with E-state index in [1.165, 1.54) is 0 Å². The summed E-state index contributed by atoms with van der Waals surface area (Å²) >= 11 is 9.50. The molecule has 0 aliphatic rings. The molecule has 5 nitrogen and oxygen atoms in total. The smallest absolute Gasteiger partial charge is 0.295 e. The van der Waals surface area contributed by atoms with Crippen LogP contribution >= 0.6 is 27.5 Å². The lowest BCUT2D eigenvalue weighted by Crippen LogP contribution is -2.15. The first-order chi connectivity index (χ1) is 14.0. The number of halogens is 2. The van der Waals surface area contributed by atoms with E-state index in [4.69, 9.17) is 11.6 Å². The van der Waals surface area contributed by atoms with Gasteiger partial charge >= 0.3 is 0 Å². The van der Waals surface area contributed by atoms with Crippen LogP contribution < -0.4 is 5.32 Å². The molecular weight excluding hydrogens is 452 g/mol. The van der Waals surface area contributed by atoms with Gasteiger partial charge in [-0.2, -0.15) is 0 Å². The summed E-state index contributed by atoms with van der Waals surface area (Å²) in [5.74, 6) is 0.260. The largest absolute Gasteiger partial charge is 0.319 e. The molecule has 0 unspecified atom stereocenters. The molecule has 0 radical (unpaired) electrons. The second kappa shape index (κ2) is 8.19. The van der Waals surface area contributed by atoms with Gasteiger partial charge in [-0.25, -0.2) is 9.67 Å². The maximum absolute atomic E-state index is 12.9. The number of aryl methyl sites for hydroxylation is 1. The Bertz CT molecular complexity index is 1170. The molecule has 1 heterocycles. The van der Waals surface area contributed by atoms with Crippen LogP contribution in [0.3, 0.4) is 0 Å². The molecule has 0 aliphatic heterocycles. The third kappa shape index (κ3) is 4.23. The predicted octanol–water partition coefficient (Wildman–Crippen LogP) is 5.91. The number of amides is 1. The summed E-state index contributed by atoms with van der Waals surface area (Å²) in [7, 11) is 0. The van der Waals surface area contributed by atoms with Crippen molar-refractivity contribution in [2.45, 2.75) is 6.92 Å². The van der Waals surface area contributed by atoms with Crippen molar-refractivity contribution in [2.75, 3.05) is 5.32 Å². The number of hydrogen-bond donors (Lipinski definition) is 1. The Labute approximate surface area is 181 Å². The molecular formula is C22H16BrClN4O. The van der Waals surface area contributed by atoms with Gasteiger partial charge in [0.05, 0.1) is 5.69 Å². The molecule has 144 valence electrons. The number of carbonyl (C=O) groups excluding carboxylic acids is 1. The minimum atomic E-state index is -0.400. The fraction of sp³-hybridized carbons (Fsp3) is 0.0455. The summed E-state index contributed by atoms with van der Waals surface area (Å²) in [6.45, 7) is 1.90. The molecule has 0 fully saturated rings. The minimum Gasteiger partial charge on any atom is -0.319 e. The first-order valence-electron chi connectivity index (χ1n) is 8.87. The topological polar surface area (TPSA) is 59.8 Å². The van der Waals surface area contributed by atoms with Crippen molar-refractivity contribution in [2.24, 2.45) is 0 Å². The van der Waals surface area contributed by atoms with Crippen molar-refractivity contribution < 1.29 is 4.79 Å². The average Bonchev–Trinajstić information content (AvgIpc) is 3.17. The number of benzene rings is 3. The van der Waals surface area contributed by atoms with Gasteiger partial charge < -0.3 is 5.32 Å². The molecule has 0 saturated carbocycles. The van der Waals surface area contributed by atoms with E-state index < -0.39 is 5.91 Å². The van der Waals surface area contributed by atoms with Crippen LogP contribution in [0.1, 0.15) is 16.2 Å². The SMILES string of the molecule is Cc1ccc(Cl)cc1NC(=O)c1nc(-c2ccccc2)n(-c2ccc(Br)cc2)n1. The van der Waals surface area contributed by atoms with Crippen LogP contribution in [0, 0.1) is 6.92 Å². The Balaban J connectivity index is 1.75. The standard InChI is InChI=1S/C22H16BrClN4O/c1-14-7-10-17(24)13-19(14)25-22(29)20-26-21(15-5-3-2-4-6-15)28(27-20)18-11-8-16(23)9-12-18/h2-13H,1H3,(H,25,29). The van der Waals surface area contributed by atoms with Crippen molar-refractivity contribution in [1.29, 1.82) is 0 Å². The third-order valence-corrected chi connectivity index (χ3v) is 5.13. The lowest BCUT2D eigenvalue weighted by atomic mass is 10.2. The highest BCUT2D eigenvalue weighted by atomic mass is 79.9. The van der Waals surface area contributed by atoms with Gasteiger partial charge in [-0.05, 0) is 48.9 Å². The summed E-state index contributed by atoms with van der Waals surface area (Å²) in [4.78, 5) is 17.4. The number of carbonyl (C=O) groups is 1. The van der Waals surface area contributed by atoms with E-state index in [9.17, 15) is 4.79 Å². The van der Waals surface area contributed by atoms with E-state index in [-0.39, 0.29) is 5.82 Å². The highest BCUT2D eigenvalue weighted by Gasteiger charge is 2.19. The van der Waals surface area contributed by atoms with Gasteiger partial charge in [0.15, 0.2) is 5.82 Å². The van der Waals surface area contributed by atoms with Crippen LogP contribution in [0.2, 0.25) is 5.02 Å². The monoisotopic (exact) mass is 466 g/mol. The number of anilines is 1. The summed E-state index contributed by atoms with van der Waals surface area (Å²) in [6.07, 6.45) is 0. The molecule has 0 atom stereocenters. The number of aromatic nitrogens is 3. The molecule has 3 aromatic carbocycles. The number of nitrogens with one attached hydrogen (secondary N) is 1. The first kappa shape index (κ1) is 19.4. The van der Waals surface area contributed by atoms with Crippen molar-refractivity contribution >= 4 is 39.1 Å². The van der Waals surface area contributed by atoms with Gasteiger partial charge in [-0.1, -0.05) is 63.9 Å². The Morgan fingerprint density at radius 3 is 2.48 bits per heavy atom. The minimum absolute atomic E-state index is 0.0751. The van der Waals surface area contributed by atoms with Crippen LogP contribution in [0.25, 0.3) is 17.1 Å². The van der Waals surface area contributed by atoms with Crippen molar-refractivity contribution in [3.63, 3.8) is 0 Å². The van der Waals surface area contributed by atoms with E-state index in [2.05, 4.69) is 31.3 Å². The predicted molar refractivity (Wildman–Crippen MR) is 119 cm³/mol. The van der Waals surface area contributed by atoms with E-state index in [0.29, 0.717) is 16.5 Å². The molecule has 1 aromatic heterocycles. The molecule has 7 heteroatoms. The van der Waals surface area contributed by atoms with E-state index in [1.54, 1.807) is 16.8 Å². The summed E-state index contributed by atoms with van der Waals surface area (Å²) in [6, 6.07) is 22.6. The zero-order valence-corrected chi connectivity index (χ0v) is 17.8. The van der Waals surface area contributed by atoms with Crippen molar-refractivity contribution in [3.8, 4) is 17.1 Å². The second-order valence-corrected chi connectivity index (χ2v) is 7.78. The third-order valence-electron chi connectivity index (χ3n) is 4.36. The summed E-state index contributed by atoms with van der Waals surface area (Å²) in [5.41, 5.74) is 3.19. The molecule has 29 heavy (non-hydrogen) atoms. The molecule has 4 rings (SSSR count). The average molecular weight is 468 g/mol. The van der Waals surface area contributed by atoms with E-state index >= 15 is 0 Å². The second-order valence-electron chi connectivity index (χ2n) is 6.43. The lowest BCUT2D eigenvalue weighted by molar-refractivity contribution is 0.101. The number of nitrogens with zero attached hydrogens (tertiary/aromatic N) is 3. The molecule has 0 saturated heterocycles. The van der Waals surface area contributed by atoms with Gasteiger partial charge in [0.2, 0.25) is 5.82 Å². The molecule has 0 bridgehead atoms. The van der Waals surface area contributed by atoms with E-state index in [0.717, 1.165) is 21.3 Å². The van der Waals surface area contributed by atoms with Gasteiger partial charge in [-0.3, -0.25) is 4.79 Å². The fourth-order valence-corrected chi connectivity index (χ4v) is 3.29. The van der Waals surface area contributed by atoms with Crippen molar-refractivity contribution in [3.05, 3.63) is 93.7 Å². The maximum Gasteiger partial charge on any atom is 0.295 e. The van der Waals surface area contributed by atoms with Gasteiger partial charge in [0.1, 0.15) is 0 Å². The van der Waals surface area contributed by atoms with Gasteiger partial charge in [0, 0.05) is 20.7 Å². The Morgan fingerprint density at radius 1 is 1.03 bits per heavy atom. The Hall–Kier alpha value is -2.96. The Kier molecular flexibility index (Phi) is 5.47. The first-order valence-corrected chi connectivity index (χ1v) is 10.0. The van der Waals surface area contributed by atoms with Crippen LogP contribution in [0.5, 0.6) is 0 Å². The summed E-state index contributed by atoms with van der Waals surface area (Å²) in [5, 5.41) is 7.88. The lowest BCUT2D eigenvalue weighted by Gasteiger charge is -2.07. The van der Waals surface area contributed by atoms with Crippen molar-refractivity contribution in [1.82, 2.24) is 14.8 Å². The molecule has 4 aromatic rings. The highest BCUT2D eigenvalue weighted by Crippen LogP contribution is 2.24. The highest BCUT2D eigenvalue weighted by molar-refractivity contribution is 9.10. The number of rotatable bonds is 4. The Morgan fingerprint density at radius 2 is 1.76 bits per heavy atom. The summed E-state index contributed by atoms with van der Waals surface area (Å²) < 4.78 is 2.62. The molecule has 0 spiro atoms. The molecule has 1 N–H and O–H groups in total. The zero-order valence-electron chi connectivity index (χ0n) is 15.4. The fourth-order valence-electron chi connectivity index (χ4n) is 2.85. The van der Waals surface area contributed by atoms with Crippen LogP contribution in [-0.4, -0.2) is 20.7 Å². The van der Waals surface area contributed by atoms with Crippen LogP contribution in [0.15, 0.2) is 77.3 Å². The molecule has 1 amide bonds. The molecule has 0 aliphatic carbocycles. The van der Waals surface area contributed by atoms with Crippen LogP contribution in [0.4, 0.5) is 5.69 Å². The van der Waals surface area contributed by atoms with Gasteiger partial charge in [-0.15, -0.1) is 5.10 Å². The van der Waals surface area contributed by atoms with Crippen LogP contribution in [-0.2, 0) is 0 Å². The van der Waals surface area contributed by atoms with Gasteiger partial charge in [0.25, 0.3) is 5.91 Å². The number of hydrogen-bond acceptors (Lipinski definition) is 3. The maximum atomic E-state index is 12.9.